The van der Waals surface area contributed by atoms with Crippen LogP contribution in [0.3, 0.4) is 0 Å². The van der Waals surface area contributed by atoms with Crippen LogP contribution in [0.1, 0.15) is 37.5 Å². The second kappa shape index (κ2) is 12.4. The Morgan fingerprint density at radius 2 is 1.84 bits per heavy atom. The van der Waals surface area contributed by atoms with E-state index >= 15 is 0 Å². The van der Waals surface area contributed by atoms with Crippen molar-refractivity contribution in [2.24, 2.45) is 5.92 Å². The normalized spacial score (nSPS) is 12.0. The summed E-state index contributed by atoms with van der Waals surface area (Å²) in [5, 5.41) is 3.93. The molecular weight excluding hydrogens is 451 g/mol. The topological polar surface area (TPSA) is 49.4 Å². The van der Waals surface area contributed by atoms with E-state index in [1.165, 1.54) is 22.9 Å². The summed E-state index contributed by atoms with van der Waals surface area (Å²) in [5.41, 5.74) is 3.12. The van der Waals surface area contributed by atoms with Gasteiger partial charge in [0.1, 0.15) is 6.04 Å². The summed E-state index contributed by atoms with van der Waals surface area (Å²) in [7, 11) is 0. The van der Waals surface area contributed by atoms with E-state index < -0.39 is 6.04 Å². The van der Waals surface area contributed by atoms with Gasteiger partial charge in [-0.05, 0) is 43.0 Å². The smallest absolute Gasteiger partial charge is 0.242 e. The third kappa shape index (κ3) is 8.40. The number of aryl methyl sites for hydroxylation is 1. The first-order valence-corrected chi connectivity index (χ1v) is 12.2. The van der Waals surface area contributed by atoms with Crippen LogP contribution in [0.5, 0.6) is 0 Å². The molecule has 0 saturated carbocycles. The number of hydrogen-bond acceptors (Lipinski definition) is 3. The Balaban J connectivity index is 2.10. The van der Waals surface area contributed by atoms with Crippen LogP contribution in [0.2, 0.25) is 10.0 Å². The zero-order valence-corrected chi connectivity index (χ0v) is 20.8. The van der Waals surface area contributed by atoms with Crippen LogP contribution in [0, 0.1) is 12.8 Å². The highest BCUT2D eigenvalue weighted by Crippen LogP contribution is 2.24. The van der Waals surface area contributed by atoms with Crippen molar-refractivity contribution in [1.29, 1.82) is 0 Å². The average molecular weight is 481 g/mol. The van der Waals surface area contributed by atoms with Gasteiger partial charge in [0.15, 0.2) is 0 Å². The molecule has 1 N–H and O–H groups in total. The maximum Gasteiger partial charge on any atom is 0.242 e. The Kier molecular flexibility index (Phi) is 10.2. The van der Waals surface area contributed by atoms with Gasteiger partial charge in [0, 0.05) is 28.9 Å². The predicted molar refractivity (Wildman–Crippen MR) is 132 cm³/mol. The van der Waals surface area contributed by atoms with Gasteiger partial charge in [-0.2, -0.15) is 0 Å². The summed E-state index contributed by atoms with van der Waals surface area (Å²) in [4.78, 5) is 27.4. The first kappa shape index (κ1) is 25.6. The van der Waals surface area contributed by atoms with E-state index in [0.717, 1.165) is 11.3 Å². The van der Waals surface area contributed by atoms with E-state index in [4.69, 9.17) is 23.2 Å². The highest BCUT2D eigenvalue weighted by molar-refractivity contribution is 7.99. The van der Waals surface area contributed by atoms with Crippen LogP contribution in [0.15, 0.2) is 42.5 Å². The van der Waals surface area contributed by atoms with Crippen LogP contribution in [0.25, 0.3) is 0 Å². The van der Waals surface area contributed by atoms with Crippen molar-refractivity contribution in [3.8, 4) is 0 Å². The average Bonchev–Trinajstić information content (AvgIpc) is 2.71. The van der Waals surface area contributed by atoms with Crippen LogP contribution in [0.4, 0.5) is 0 Å². The fourth-order valence-electron chi connectivity index (χ4n) is 3.01. The van der Waals surface area contributed by atoms with Crippen molar-refractivity contribution in [3.63, 3.8) is 0 Å². The van der Waals surface area contributed by atoms with Gasteiger partial charge in [-0.15, -0.1) is 11.8 Å². The molecule has 0 aromatic heterocycles. The third-order valence-corrected chi connectivity index (χ3v) is 6.36. The fraction of sp³-hybridized carbons (Fsp3) is 0.417. The molecule has 4 nitrogen and oxygen atoms in total. The van der Waals surface area contributed by atoms with Gasteiger partial charge in [0.25, 0.3) is 0 Å². The molecular formula is C24H30Cl2N2O2S. The van der Waals surface area contributed by atoms with Gasteiger partial charge in [0.2, 0.25) is 11.8 Å². The predicted octanol–water partition coefficient (Wildman–Crippen LogP) is 5.72. The molecule has 0 spiro atoms. The van der Waals surface area contributed by atoms with Crippen molar-refractivity contribution in [2.75, 3.05) is 12.3 Å². The van der Waals surface area contributed by atoms with Crippen molar-refractivity contribution in [2.45, 2.75) is 46.0 Å². The Bertz CT molecular complexity index is 905. The lowest BCUT2D eigenvalue weighted by atomic mass is 10.1. The third-order valence-electron chi connectivity index (χ3n) is 4.78. The van der Waals surface area contributed by atoms with Crippen molar-refractivity contribution < 1.29 is 9.59 Å². The number of nitrogens with zero attached hydrogens (tertiary/aromatic N) is 1. The standard InChI is InChI=1S/C24H30Cl2N2O2S/c1-16(2)12-27-24(30)18(4)28(13-20-8-9-21(25)11-22(20)26)23(29)15-31-14-19-7-5-6-17(3)10-19/h5-11,16,18H,12-15H2,1-4H3,(H,27,30)/t18-/m0/s1. The van der Waals surface area contributed by atoms with E-state index in [0.29, 0.717) is 22.5 Å². The van der Waals surface area contributed by atoms with Gasteiger partial charge in [-0.3, -0.25) is 9.59 Å². The molecule has 0 aliphatic rings. The number of rotatable bonds is 10. The second-order valence-corrected chi connectivity index (χ2v) is 9.88. The van der Waals surface area contributed by atoms with Gasteiger partial charge < -0.3 is 10.2 Å². The molecule has 2 rings (SSSR count). The summed E-state index contributed by atoms with van der Waals surface area (Å²) < 4.78 is 0. The minimum atomic E-state index is -0.613. The Hall–Kier alpha value is -1.69. The largest absolute Gasteiger partial charge is 0.354 e. The van der Waals surface area contributed by atoms with Gasteiger partial charge in [0.05, 0.1) is 5.75 Å². The lowest BCUT2D eigenvalue weighted by molar-refractivity contribution is -0.138. The molecule has 2 aromatic carbocycles. The van der Waals surface area contributed by atoms with E-state index in [-0.39, 0.29) is 24.1 Å². The van der Waals surface area contributed by atoms with Crippen LogP contribution in [-0.2, 0) is 21.9 Å². The van der Waals surface area contributed by atoms with Crippen LogP contribution >= 0.6 is 35.0 Å². The minimum absolute atomic E-state index is 0.101. The quantitative estimate of drug-likeness (QED) is 0.472. The summed E-state index contributed by atoms with van der Waals surface area (Å²) in [6.45, 7) is 8.68. The van der Waals surface area contributed by atoms with E-state index in [1.54, 1.807) is 30.0 Å². The molecule has 0 aliphatic carbocycles. The molecule has 2 amide bonds. The summed E-state index contributed by atoms with van der Waals surface area (Å²) >= 11 is 13.9. The fourth-order valence-corrected chi connectivity index (χ4v) is 4.34. The number of thioether (sulfide) groups is 1. The first-order valence-electron chi connectivity index (χ1n) is 10.3. The van der Waals surface area contributed by atoms with Crippen molar-refractivity contribution >= 4 is 46.8 Å². The number of hydrogen-bond donors (Lipinski definition) is 1. The molecule has 7 heteroatoms. The van der Waals surface area contributed by atoms with Crippen molar-refractivity contribution in [3.05, 3.63) is 69.2 Å². The monoisotopic (exact) mass is 480 g/mol. The molecule has 0 saturated heterocycles. The Morgan fingerprint density at radius 1 is 1.10 bits per heavy atom. The molecule has 2 aromatic rings. The maximum atomic E-state index is 13.1. The molecule has 31 heavy (non-hydrogen) atoms. The van der Waals surface area contributed by atoms with Crippen molar-refractivity contribution in [1.82, 2.24) is 10.2 Å². The number of nitrogens with one attached hydrogen (secondary N) is 1. The highest BCUT2D eigenvalue weighted by atomic mass is 35.5. The summed E-state index contributed by atoms with van der Waals surface area (Å²) in [6, 6.07) is 12.8. The zero-order valence-electron chi connectivity index (χ0n) is 18.5. The van der Waals surface area contributed by atoms with Gasteiger partial charge in [-0.1, -0.05) is 72.9 Å². The number of benzene rings is 2. The molecule has 0 unspecified atom stereocenters. The van der Waals surface area contributed by atoms with E-state index in [2.05, 4.69) is 17.4 Å². The van der Waals surface area contributed by atoms with Gasteiger partial charge >= 0.3 is 0 Å². The Morgan fingerprint density at radius 3 is 2.48 bits per heavy atom. The summed E-state index contributed by atoms with van der Waals surface area (Å²) in [5.74, 6) is 1.07. The Labute approximate surface area is 199 Å². The zero-order chi connectivity index (χ0) is 23.0. The molecule has 168 valence electrons. The first-order chi connectivity index (χ1) is 14.7. The number of carbonyl (C=O) groups is 2. The second-order valence-electron chi connectivity index (χ2n) is 8.05. The number of carbonyl (C=O) groups excluding carboxylic acids is 2. The SMILES string of the molecule is Cc1cccc(CSCC(=O)N(Cc2ccc(Cl)cc2Cl)[C@@H](C)C(=O)NCC(C)C)c1. The van der Waals surface area contributed by atoms with Gasteiger partial charge in [-0.25, -0.2) is 0 Å². The molecule has 0 heterocycles. The molecule has 0 aliphatic heterocycles. The molecule has 0 radical (unpaired) electrons. The highest BCUT2D eigenvalue weighted by Gasteiger charge is 2.26. The summed E-state index contributed by atoms with van der Waals surface area (Å²) in [6.07, 6.45) is 0. The van der Waals surface area contributed by atoms with Crippen LogP contribution < -0.4 is 5.32 Å². The lowest BCUT2D eigenvalue weighted by Gasteiger charge is -2.29. The minimum Gasteiger partial charge on any atom is -0.354 e. The molecule has 0 bridgehead atoms. The van der Waals surface area contributed by atoms with E-state index in [1.807, 2.05) is 32.9 Å². The number of halogens is 2. The van der Waals surface area contributed by atoms with Crippen LogP contribution in [-0.4, -0.2) is 35.1 Å². The number of amides is 2. The maximum absolute atomic E-state index is 13.1. The molecule has 0 fully saturated rings. The van der Waals surface area contributed by atoms with E-state index in [9.17, 15) is 9.59 Å². The lowest BCUT2D eigenvalue weighted by Crippen LogP contribution is -2.48. The molecule has 1 atom stereocenters.